The summed E-state index contributed by atoms with van der Waals surface area (Å²) in [6.45, 7) is 4.20. The third-order valence-electron chi connectivity index (χ3n) is 5.56. The minimum Gasteiger partial charge on any atom is -0.356 e. The molecule has 0 spiro atoms. The summed E-state index contributed by atoms with van der Waals surface area (Å²) in [4.78, 5) is 8.73. The smallest absolute Gasteiger partial charge is 0.356 e. The van der Waals surface area contributed by atoms with E-state index in [2.05, 4.69) is 30.3 Å². The van der Waals surface area contributed by atoms with Gasteiger partial charge in [0.2, 0.25) is 0 Å². The highest BCUT2D eigenvalue weighted by Gasteiger charge is 2.30. The molecule has 0 aliphatic carbocycles. The van der Waals surface area contributed by atoms with Crippen LogP contribution in [0.5, 0.6) is 0 Å². The van der Waals surface area contributed by atoms with E-state index >= 15 is 0 Å². The van der Waals surface area contributed by atoms with E-state index in [0.717, 1.165) is 49.7 Å². The van der Waals surface area contributed by atoms with Crippen molar-refractivity contribution in [2.75, 3.05) is 39.8 Å². The molecule has 1 N–H and O–H groups in total. The topological polar surface area (TPSA) is 61.1 Å². The number of benzene rings is 1. The number of aromatic nitrogens is 3. The number of aliphatic imine (C=N–C) groups is 1. The van der Waals surface area contributed by atoms with Gasteiger partial charge in [-0.15, -0.1) is 10.2 Å². The fourth-order valence-corrected chi connectivity index (χ4v) is 3.90. The highest BCUT2D eigenvalue weighted by molar-refractivity contribution is 5.80. The molecule has 3 aromatic rings. The Labute approximate surface area is 184 Å². The average molecular weight is 445 g/mol. The lowest BCUT2D eigenvalue weighted by molar-refractivity contribution is -0.137. The third-order valence-corrected chi connectivity index (χ3v) is 5.56. The Bertz CT molecular complexity index is 1070. The maximum absolute atomic E-state index is 12.9. The molecule has 0 unspecified atom stereocenters. The zero-order chi connectivity index (χ0) is 22.6. The number of rotatable bonds is 5. The van der Waals surface area contributed by atoms with Gasteiger partial charge < -0.3 is 10.2 Å². The number of nitrogens with one attached hydrogen (secondary N) is 1. The van der Waals surface area contributed by atoms with Gasteiger partial charge in [-0.25, -0.2) is 0 Å². The van der Waals surface area contributed by atoms with Crippen LogP contribution in [0.2, 0.25) is 0 Å². The van der Waals surface area contributed by atoms with Gasteiger partial charge in [0, 0.05) is 58.9 Å². The molecule has 0 bridgehead atoms. The fourth-order valence-electron chi connectivity index (χ4n) is 3.90. The van der Waals surface area contributed by atoms with Gasteiger partial charge in [0.15, 0.2) is 11.6 Å². The zero-order valence-electron chi connectivity index (χ0n) is 17.9. The highest BCUT2D eigenvalue weighted by atomic mass is 19.4. The van der Waals surface area contributed by atoms with Crippen molar-refractivity contribution in [2.24, 2.45) is 4.99 Å². The van der Waals surface area contributed by atoms with E-state index < -0.39 is 11.7 Å². The molecule has 7 nitrogen and oxygen atoms in total. The molecule has 4 rings (SSSR count). The molecule has 170 valence electrons. The quantitative estimate of drug-likeness (QED) is 0.483. The predicted octanol–water partition coefficient (Wildman–Crippen LogP) is 2.68. The van der Waals surface area contributed by atoms with Crippen molar-refractivity contribution >= 4 is 11.6 Å². The number of guanidine groups is 1. The number of halogens is 3. The summed E-state index contributed by atoms with van der Waals surface area (Å²) in [7, 11) is 1.75. The molecule has 32 heavy (non-hydrogen) atoms. The number of alkyl halides is 3. The molecule has 1 aliphatic rings. The Kier molecular flexibility index (Phi) is 6.59. The lowest BCUT2D eigenvalue weighted by atomic mass is 10.1. The van der Waals surface area contributed by atoms with E-state index in [1.54, 1.807) is 13.1 Å². The number of hydrogen-bond donors (Lipinski definition) is 1. The maximum atomic E-state index is 12.9. The number of nitrogens with zero attached hydrogens (tertiary/aromatic N) is 6. The first-order valence-electron chi connectivity index (χ1n) is 10.6. The second kappa shape index (κ2) is 9.56. The summed E-state index contributed by atoms with van der Waals surface area (Å²) in [5.74, 6) is 1.70. The number of piperazine rings is 1. The summed E-state index contributed by atoms with van der Waals surface area (Å²) in [5, 5.41) is 11.8. The molecule has 1 saturated heterocycles. The molecule has 0 radical (unpaired) electrons. The minimum atomic E-state index is -4.31. The Morgan fingerprint density at radius 2 is 1.88 bits per heavy atom. The van der Waals surface area contributed by atoms with Gasteiger partial charge in [0.25, 0.3) is 0 Å². The number of fused-ring (bicyclic) bond motifs is 1. The van der Waals surface area contributed by atoms with Gasteiger partial charge in [0.1, 0.15) is 5.82 Å². The van der Waals surface area contributed by atoms with E-state index in [4.69, 9.17) is 0 Å². The van der Waals surface area contributed by atoms with Crippen molar-refractivity contribution in [2.45, 2.75) is 19.1 Å². The first-order valence-corrected chi connectivity index (χ1v) is 10.6. The molecule has 1 aliphatic heterocycles. The van der Waals surface area contributed by atoms with Crippen LogP contribution in [-0.2, 0) is 19.1 Å². The van der Waals surface area contributed by atoms with Crippen molar-refractivity contribution in [3.8, 4) is 0 Å². The first kappa shape index (κ1) is 22.1. The molecule has 1 aromatic carbocycles. The molecular formula is C22H26F3N7. The van der Waals surface area contributed by atoms with E-state index in [0.29, 0.717) is 25.1 Å². The molecular weight excluding hydrogens is 419 g/mol. The Morgan fingerprint density at radius 1 is 1.06 bits per heavy atom. The lowest BCUT2D eigenvalue weighted by Crippen LogP contribution is -2.52. The first-order chi connectivity index (χ1) is 15.4. The average Bonchev–Trinajstić information content (AvgIpc) is 3.20. The molecule has 0 saturated carbocycles. The molecule has 2 aromatic heterocycles. The van der Waals surface area contributed by atoms with Crippen LogP contribution in [0.15, 0.2) is 53.7 Å². The third kappa shape index (κ3) is 5.18. The Morgan fingerprint density at radius 3 is 2.62 bits per heavy atom. The molecule has 10 heteroatoms. The summed E-state index contributed by atoms with van der Waals surface area (Å²) < 4.78 is 40.8. The standard InChI is InChI=1S/C22H26F3N7/c1-26-21(27-9-8-20-29-28-19-7-2-3-10-32(19)20)31-13-11-30(12-14-31)16-17-5-4-6-18(15-17)22(23,24)25/h2-7,10,15H,8-9,11-14,16H2,1H3,(H,26,27). The van der Waals surface area contributed by atoms with Crippen LogP contribution in [0.1, 0.15) is 17.0 Å². The predicted molar refractivity (Wildman–Crippen MR) is 116 cm³/mol. The summed E-state index contributed by atoms with van der Waals surface area (Å²) in [6.07, 6.45) is -1.66. The molecule has 1 fully saturated rings. The highest BCUT2D eigenvalue weighted by Crippen LogP contribution is 2.29. The van der Waals surface area contributed by atoms with Crippen molar-refractivity contribution in [3.05, 3.63) is 65.6 Å². The fraction of sp³-hybridized carbons (Fsp3) is 0.409. The summed E-state index contributed by atoms with van der Waals surface area (Å²) in [5.41, 5.74) is 0.902. The SMILES string of the molecule is CN=C(NCCc1nnc2ccccn12)N1CCN(Cc2cccc(C(F)(F)F)c2)CC1. The van der Waals surface area contributed by atoms with E-state index in [-0.39, 0.29) is 0 Å². The second-order valence-corrected chi connectivity index (χ2v) is 7.73. The molecule has 0 amide bonds. The largest absolute Gasteiger partial charge is 0.416 e. The van der Waals surface area contributed by atoms with Crippen molar-refractivity contribution in [1.29, 1.82) is 0 Å². The van der Waals surface area contributed by atoms with E-state index in [9.17, 15) is 13.2 Å². The van der Waals surface area contributed by atoms with Crippen LogP contribution in [-0.4, -0.2) is 70.1 Å². The van der Waals surface area contributed by atoms with Gasteiger partial charge in [-0.3, -0.25) is 14.3 Å². The maximum Gasteiger partial charge on any atom is 0.416 e. The van der Waals surface area contributed by atoms with Crippen LogP contribution < -0.4 is 5.32 Å². The van der Waals surface area contributed by atoms with Gasteiger partial charge in [-0.2, -0.15) is 13.2 Å². The van der Waals surface area contributed by atoms with Gasteiger partial charge in [0.05, 0.1) is 5.56 Å². The van der Waals surface area contributed by atoms with Crippen molar-refractivity contribution < 1.29 is 13.2 Å². The number of pyridine rings is 1. The zero-order valence-corrected chi connectivity index (χ0v) is 17.9. The second-order valence-electron chi connectivity index (χ2n) is 7.73. The monoisotopic (exact) mass is 445 g/mol. The Balaban J connectivity index is 1.26. The summed E-state index contributed by atoms with van der Waals surface area (Å²) >= 11 is 0. The van der Waals surface area contributed by atoms with Crippen LogP contribution in [0.4, 0.5) is 13.2 Å². The van der Waals surface area contributed by atoms with Gasteiger partial charge >= 0.3 is 6.18 Å². The Hall–Kier alpha value is -3.14. The lowest BCUT2D eigenvalue weighted by Gasteiger charge is -2.36. The van der Waals surface area contributed by atoms with E-state index in [1.165, 1.54) is 12.1 Å². The number of hydrogen-bond acceptors (Lipinski definition) is 4. The minimum absolute atomic E-state index is 0.504. The molecule has 0 atom stereocenters. The summed E-state index contributed by atoms with van der Waals surface area (Å²) in [6, 6.07) is 11.4. The van der Waals surface area contributed by atoms with Crippen LogP contribution in [0.3, 0.4) is 0 Å². The normalized spacial score (nSPS) is 16.0. The van der Waals surface area contributed by atoms with Gasteiger partial charge in [-0.05, 0) is 23.8 Å². The van der Waals surface area contributed by atoms with Crippen molar-refractivity contribution in [3.63, 3.8) is 0 Å². The van der Waals surface area contributed by atoms with E-state index in [1.807, 2.05) is 28.8 Å². The molecule has 3 heterocycles. The van der Waals surface area contributed by atoms with Crippen LogP contribution >= 0.6 is 0 Å². The van der Waals surface area contributed by atoms with Gasteiger partial charge in [-0.1, -0.05) is 24.3 Å². The van der Waals surface area contributed by atoms with Crippen LogP contribution in [0.25, 0.3) is 5.65 Å². The van der Waals surface area contributed by atoms with Crippen molar-refractivity contribution in [1.82, 2.24) is 29.7 Å². The van der Waals surface area contributed by atoms with Crippen LogP contribution in [0, 0.1) is 0 Å².